The SMILES string of the molecule is CCCN1C(=O)CSC1c1ccc(OCCCC(=O)O)cc1. The summed E-state index contributed by atoms with van der Waals surface area (Å²) < 4.78 is 5.52. The second-order valence-corrected chi connectivity index (χ2v) is 6.23. The molecule has 5 nitrogen and oxygen atoms in total. The quantitative estimate of drug-likeness (QED) is 0.745. The third-order valence-corrected chi connectivity index (χ3v) is 4.66. The molecule has 0 aliphatic carbocycles. The number of aliphatic carboxylic acids is 1. The van der Waals surface area contributed by atoms with Crippen LogP contribution in [0.25, 0.3) is 0 Å². The van der Waals surface area contributed by atoms with Gasteiger partial charge in [0.15, 0.2) is 0 Å². The summed E-state index contributed by atoms with van der Waals surface area (Å²) in [6, 6.07) is 7.71. The van der Waals surface area contributed by atoms with Gasteiger partial charge in [-0.25, -0.2) is 0 Å². The fourth-order valence-corrected chi connectivity index (χ4v) is 3.57. The average Bonchev–Trinajstić information content (AvgIpc) is 2.86. The van der Waals surface area contributed by atoms with Crippen molar-refractivity contribution in [1.29, 1.82) is 0 Å². The summed E-state index contributed by atoms with van der Waals surface area (Å²) in [5.74, 6) is 0.659. The molecule has 22 heavy (non-hydrogen) atoms. The van der Waals surface area contributed by atoms with Crippen LogP contribution in [0.15, 0.2) is 24.3 Å². The largest absolute Gasteiger partial charge is 0.494 e. The molecule has 1 atom stereocenters. The number of carboxylic acid groups (broad SMARTS) is 1. The number of hydrogen-bond donors (Lipinski definition) is 1. The fourth-order valence-electron chi connectivity index (χ4n) is 2.36. The molecular formula is C16H21NO4S. The zero-order chi connectivity index (χ0) is 15.9. The number of carbonyl (C=O) groups is 2. The first-order valence-corrected chi connectivity index (χ1v) is 8.52. The predicted molar refractivity (Wildman–Crippen MR) is 86.0 cm³/mol. The molecule has 1 N–H and O–H groups in total. The highest BCUT2D eigenvalue weighted by Gasteiger charge is 2.31. The van der Waals surface area contributed by atoms with Gasteiger partial charge in [0.05, 0.1) is 12.4 Å². The van der Waals surface area contributed by atoms with E-state index in [4.69, 9.17) is 9.84 Å². The third kappa shape index (κ3) is 4.40. The normalized spacial score (nSPS) is 17.8. The molecule has 1 fully saturated rings. The van der Waals surface area contributed by atoms with Crippen molar-refractivity contribution in [2.45, 2.75) is 31.6 Å². The summed E-state index contributed by atoms with van der Waals surface area (Å²) in [6.07, 6.45) is 1.56. The summed E-state index contributed by atoms with van der Waals surface area (Å²) in [7, 11) is 0. The van der Waals surface area contributed by atoms with E-state index in [0.717, 1.165) is 24.3 Å². The number of thioether (sulfide) groups is 1. The number of carboxylic acids is 1. The van der Waals surface area contributed by atoms with Gasteiger partial charge in [-0.05, 0) is 30.5 Å². The molecule has 0 bridgehead atoms. The van der Waals surface area contributed by atoms with Gasteiger partial charge in [-0.15, -0.1) is 11.8 Å². The third-order valence-electron chi connectivity index (χ3n) is 3.40. The van der Waals surface area contributed by atoms with Crippen LogP contribution < -0.4 is 4.74 Å². The summed E-state index contributed by atoms with van der Waals surface area (Å²) in [5, 5.41) is 8.66. The van der Waals surface area contributed by atoms with E-state index in [0.29, 0.717) is 18.8 Å². The van der Waals surface area contributed by atoms with Crippen LogP contribution in [0.3, 0.4) is 0 Å². The number of benzene rings is 1. The second-order valence-electron chi connectivity index (χ2n) is 5.17. The first-order valence-electron chi connectivity index (χ1n) is 7.47. The first-order chi connectivity index (χ1) is 10.6. The lowest BCUT2D eigenvalue weighted by atomic mass is 10.2. The summed E-state index contributed by atoms with van der Waals surface area (Å²) >= 11 is 1.65. The molecule has 0 spiro atoms. The molecule has 0 radical (unpaired) electrons. The molecule has 120 valence electrons. The lowest BCUT2D eigenvalue weighted by molar-refractivity contribution is -0.137. The van der Waals surface area contributed by atoms with Gasteiger partial charge in [0.2, 0.25) is 5.91 Å². The molecule has 1 unspecified atom stereocenters. The molecule has 0 aromatic heterocycles. The van der Waals surface area contributed by atoms with Crippen molar-refractivity contribution >= 4 is 23.6 Å². The topological polar surface area (TPSA) is 66.8 Å². The highest BCUT2D eigenvalue weighted by atomic mass is 32.2. The van der Waals surface area contributed by atoms with Gasteiger partial charge in [0.25, 0.3) is 0 Å². The van der Waals surface area contributed by atoms with E-state index < -0.39 is 5.97 Å². The lowest BCUT2D eigenvalue weighted by Gasteiger charge is -2.23. The molecule has 1 aliphatic heterocycles. The molecule has 6 heteroatoms. The van der Waals surface area contributed by atoms with Gasteiger partial charge in [0.1, 0.15) is 11.1 Å². The summed E-state index contributed by atoms with van der Waals surface area (Å²) in [4.78, 5) is 24.2. The number of carbonyl (C=O) groups excluding carboxylic acids is 1. The smallest absolute Gasteiger partial charge is 0.303 e. The van der Waals surface area contributed by atoms with Crippen LogP contribution in [0, 0.1) is 0 Å². The second kappa shape index (κ2) is 8.08. The van der Waals surface area contributed by atoms with E-state index in [1.165, 1.54) is 0 Å². The van der Waals surface area contributed by atoms with Gasteiger partial charge in [-0.3, -0.25) is 9.59 Å². The Morgan fingerprint density at radius 1 is 1.41 bits per heavy atom. The average molecular weight is 323 g/mol. The molecule has 1 aliphatic rings. The monoisotopic (exact) mass is 323 g/mol. The maximum absolute atomic E-state index is 11.9. The standard InChI is InChI=1S/C16H21NO4S/c1-2-9-17-14(18)11-22-16(17)12-5-7-13(8-6-12)21-10-3-4-15(19)20/h5-8,16H,2-4,9-11H2,1H3,(H,19,20). The first kappa shape index (κ1) is 16.7. The van der Waals surface area contributed by atoms with Crippen molar-refractivity contribution < 1.29 is 19.4 Å². The molecular weight excluding hydrogens is 302 g/mol. The Kier molecular flexibility index (Phi) is 6.12. The number of rotatable bonds is 8. The van der Waals surface area contributed by atoms with Gasteiger partial charge in [-0.1, -0.05) is 19.1 Å². The minimum atomic E-state index is -0.808. The van der Waals surface area contributed by atoms with Crippen molar-refractivity contribution in [3.05, 3.63) is 29.8 Å². The lowest BCUT2D eigenvalue weighted by Crippen LogP contribution is -2.28. The Bertz CT molecular complexity index is 517. The minimum Gasteiger partial charge on any atom is -0.494 e. The number of ether oxygens (including phenoxy) is 1. The Morgan fingerprint density at radius 3 is 2.77 bits per heavy atom. The van der Waals surface area contributed by atoms with Crippen molar-refractivity contribution in [2.24, 2.45) is 0 Å². The van der Waals surface area contributed by atoms with Gasteiger partial charge in [-0.2, -0.15) is 0 Å². The number of amides is 1. The Labute approximate surface area is 134 Å². The van der Waals surface area contributed by atoms with Gasteiger partial charge < -0.3 is 14.7 Å². The van der Waals surface area contributed by atoms with Gasteiger partial charge >= 0.3 is 5.97 Å². The van der Waals surface area contributed by atoms with Crippen molar-refractivity contribution in [2.75, 3.05) is 18.9 Å². The van der Waals surface area contributed by atoms with Crippen LogP contribution in [0.4, 0.5) is 0 Å². The summed E-state index contributed by atoms with van der Waals surface area (Å²) in [5.41, 5.74) is 1.10. The van der Waals surface area contributed by atoms with E-state index in [2.05, 4.69) is 6.92 Å². The molecule has 1 aromatic rings. The molecule has 1 amide bonds. The molecule has 1 aromatic carbocycles. The van der Waals surface area contributed by atoms with E-state index in [1.54, 1.807) is 11.8 Å². The van der Waals surface area contributed by atoms with Crippen molar-refractivity contribution in [1.82, 2.24) is 4.90 Å². The van der Waals surface area contributed by atoms with E-state index in [9.17, 15) is 9.59 Å². The fraction of sp³-hybridized carbons (Fsp3) is 0.500. The molecule has 0 saturated carbocycles. The highest BCUT2D eigenvalue weighted by molar-refractivity contribution is 8.00. The van der Waals surface area contributed by atoms with E-state index in [-0.39, 0.29) is 17.7 Å². The zero-order valence-corrected chi connectivity index (χ0v) is 13.5. The van der Waals surface area contributed by atoms with Crippen LogP contribution >= 0.6 is 11.8 Å². The van der Waals surface area contributed by atoms with Crippen molar-refractivity contribution in [3.8, 4) is 5.75 Å². The highest BCUT2D eigenvalue weighted by Crippen LogP contribution is 2.38. The van der Waals surface area contributed by atoms with Crippen LogP contribution in [0.1, 0.15) is 37.1 Å². The summed E-state index contributed by atoms with van der Waals surface area (Å²) in [6.45, 7) is 3.25. The van der Waals surface area contributed by atoms with Crippen LogP contribution in [0.5, 0.6) is 5.75 Å². The number of nitrogens with zero attached hydrogens (tertiary/aromatic N) is 1. The Hall–Kier alpha value is -1.69. The van der Waals surface area contributed by atoms with Gasteiger partial charge in [0, 0.05) is 13.0 Å². The number of hydrogen-bond acceptors (Lipinski definition) is 4. The minimum absolute atomic E-state index is 0.0912. The van der Waals surface area contributed by atoms with E-state index in [1.807, 2.05) is 29.2 Å². The maximum Gasteiger partial charge on any atom is 0.303 e. The van der Waals surface area contributed by atoms with Crippen LogP contribution in [-0.2, 0) is 9.59 Å². The van der Waals surface area contributed by atoms with Crippen molar-refractivity contribution in [3.63, 3.8) is 0 Å². The van der Waals surface area contributed by atoms with Crippen LogP contribution in [-0.4, -0.2) is 40.8 Å². The molecule has 1 heterocycles. The molecule has 2 rings (SSSR count). The predicted octanol–water partition coefficient (Wildman–Crippen LogP) is 2.91. The molecule has 1 saturated heterocycles. The maximum atomic E-state index is 11.9. The van der Waals surface area contributed by atoms with Crippen LogP contribution in [0.2, 0.25) is 0 Å². The Balaban J connectivity index is 1.91. The zero-order valence-electron chi connectivity index (χ0n) is 12.7. The van der Waals surface area contributed by atoms with E-state index >= 15 is 0 Å². The Morgan fingerprint density at radius 2 is 2.14 bits per heavy atom.